The van der Waals surface area contributed by atoms with E-state index in [-0.39, 0.29) is 23.6 Å². The number of carbonyl (C=O) groups excluding carboxylic acids is 2. The average Bonchev–Trinajstić information content (AvgIpc) is 2.97. The Balaban J connectivity index is 1.81. The largest absolute Gasteiger partial charge is 0.494 e. The van der Waals surface area contributed by atoms with Crippen molar-refractivity contribution in [1.29, 1.82) is 0 Å². The number of aromatic amines is 1. The van der Waals surface area contributed by atoms with Crippen LogP contribution in [0.4, 0.5) is 0 Å². The summed E-state index contributed by atoms with van der Waals surface area (Å²) in [7, 11) is 0. The molecule has 27 heavy (non-hydrogen) atoms. The van der Waals surface area contributed by atoms with Crippen LogP contribution < -0.4 is 4.74 Å². The smallest absolute Gasteiger partial charge is 0.355 e. The number of benzene rings is 1. The fourth-order valence-electron chi connectivity index (χ4n) is 3.59. The summed E-state index contributed by atoms with van der Waals surface area (Å²) < 4.78 is 10.8. The summed E-state index contributed by atoms with van der Waals surface area (Å²) in [5.74, 6) is 0.880. The van der Waals surface area contributed by atoms with Crippen LogP contribution in [0.1, 0.15) is 70.8 Å². The second kappa shape index (κ2) is 7.99. The summed E-state index contributed by atoms with van der Waals surface area (Å²) in [5, 5.41) is 0. The lowest BCUT2D eigenvalue weighted by Crippen LogP contribution is -2.18. The second-order valence-corrected chi connectivity index (χ2v) is 7.50. The molecule has 1 heterocycles. The van der Waals surface area contributed by atoms with Crippen LogP contribution in [0.25, 0.3) is 0 Å². The van der Waals surface area contributed by atoms with E-state index in [1.165, 1.54) is 0 Å². The average molecular weight is 369 g/mol. The maximum absolute atomic E-state index is 12.8. The van der Waals surface area contributed by atoms with Gasteiger partial charge in [0.2, 0.25) is 0 Å². The molecule has 1 N–H and O–H groups in total. The van der Waals surface area contributed by atoms with Crippen molar-refractivity contribution in [2.24, 2.45) is 5.92 Å². The Morgan fingerprint density at radius 3 is 2.56 bits per heavy atom. The van der Waals surface area contributed by atoms with E-state index in [1.54, 1.807) is 0 Å². The number of hydrogen-bond donors (Lipinski definition) is 1. The molecule has 144 valence electrons. The summed E-state index contributed by atoms with van der Waals surface area (Å²) in [6.45, 7) is 8.74. The van der Waals surface area contributed by atoms with Gasteiger partial charge in [0.15, 0.2) is 5.78 Å². The first-order chi connectivity index (χ1) is 12.9. The molecule has 0 aliphatic heterocycles. The Hall–Kier alpha value is -2.56. The number of esters is 1. The van der Waals surface area contributed by atoms with E-state index in [0.717, 1.165) is 17.0 Å². The quantitative estimate of drug-likeness (QED) is 0.764. The zero-order valence-corrected chi connectivity index (χ0v) is 16.4. The van der Waals surface area contributed by atoms with Crippen molar-refractivity contribution < 1.29 is 19.1 Å². The highest BCUT2D eigenvalue weighted by Gasteiger charge is 2.32. The van der Waals surface area contributed by atoms with Gasteiger partial charge in [-0.05, 0) is 55.4 Å². The number of ketones is 1. The van der Waals surface area contributed by atoms with E-state index in [9.17, 15) is 9.59 Å². The van der Waals surface area contributed by atoms with Gasteiger partial charge in [-0.1, -0.05) is 26.0 Å². The Labute approximate surface area is 160 Å². The summed E-state index contributed by atoms with van der Waals surface area (Å²) >= 11 is 0. The third kappa shape index (κ3) is 4.07. The van der Waals surface area contributed by atoms with E-state index < -0.39 is 0 Å². The highest BCUT2D eigenvalue weighted by atomic mass is 16.5. The molecule has 1 aliphatic carbocycles. The fraction of sp³-hybridized carbons (Fsp3) is 0.455. The topological polar surface area (TPSA) is 68.4 Å². The van der Waals surface area contributed by atoms with Crippen LogP contribution in [0.2, 0.25) is 0 Å². The molecule has 0 bridgehead atoms. The number of H-pyrrole nitrogens is 1. The number of nitrogens with one attached hydrogen (secondary N) is 1. The lowest BCUT2D eigenvalue weighted by molar-refractivity contribution is 0.0451. The van der Waals surface area contributed by atoms with Gasteiger partial charge in [0, 0.05) is 17.7 Å². The van der Waals surface area contributed by atoms with Gasteiger partial charge in [0.05, 0.1) is 13.2 Å². The molecule has 0 unspecified atom stereocenters. The first-order valence-corrected chi connectivity index (χ1v) is 9.55. The fourth-order valence-corrected chi connectivity index (χ4v) is 3.59. The predicted octanol–water partition coefficient (Wildman–Crippen LogP) is 4.45. The highest BCUT2D eigenvalue weighted by molar-refractivity contribution is 6.03. The van der Waals surface area contributed by atoms with Crippen LogP contribution in [0.15, 0.2) is 24.3 Å². The van der Waals surface area contributed by atoms with Gasteiger partial charge in [0.25, 0.3) is 0 Å². The van der Waals surface area contributed by atoms with Crippen molar-refractivity contribution in [2.45, 2.75) is 46.5 Å². The van der Waals surface area contributed by atoms with E-state index in [0.29, 0.717) is 42.9 Å². The Morgan fingerprint density at radius 2 is 1.93 bits per heavy atom. The molecule has 3 rings (SSSR count). The van der Waals surface area contributed by atoms with Crippen LogP contribution >= 0.6 is 0 Å². The zero-order valence-electron chi connectivity index (χ0n) is 16.4. The molecular weight excluding hydrogens is 342 g/mol. The summed E-state index contributed by atoms with van der Waals surface area (Å²) in [5.41, 5.74) is 3.71. The number of ether oxygens (including phenoxy) is 2. The van der Waals surface area contributed by atoms with Gasteiger partial charge in [-0.15, -0.1) is 0 Å². The van der Waals surface area contributed by atoms with Crippen molar-refractivity contribution in [3.63, 3.8) is 0 Å². The standard InChI is InChI=1S/C22H27NO4/c1-5-26-17-8-6-15(7-9-17)16-10-18-20(19(24)11-16)14(4)21(23-18)22(25)27-12-13(2)3/h6-9,13,16,23H,5,10-12H2,1-4H3/t16-/m1/s1. The van der Waals surface area contributed by atoms with Crippen molar-refractivity contribution in [1.82, 2.24) is 4.98 Å². The molecule has 1 aromatic carbocycles. The zero-order chi connectivity index (χ0) is 19.6. The van der Waals surface area contributed by atoms with Crippen LogP contribution in [-0.4, -0.2) is 30.0 Å². The SMILES string of the molecule is CCOc1ccc([C@H]2CC(=O)c3c([nH]c(C(=O)OCC(C)C)c3C)C2)cc1. The second-order valence-electron chi connectivity index (χ2n) is 7.50. The number of aromatic nitrogens is 1. The van der Waals surface area contributed by atoms with Gasteiger partial charge in [0.1, 0.15) is 11.4 Å². The van der Waals surface area contributed by atoms with Crippen molar-refractivity contribution in [3.05, 3.63) is 52.3 Å². The van der Waals surface area contributed by atoms with E-state index >= 15 is 0 Å². The lowest BCUT2D eigenvalue weighted by Gasteiger charge is -2.22. The minimum atomic E-state index is -0.388. The summed E-state index contributed by atoms with van der Waals surface area (Å²) in [6, 6.07) is 7.91. The number of carbonyl (C=O) groups is 2. The first kappa shape index (κ1) is 19.2. The van der Waals surface area contributed by atoms with Crippen molar-refractivity contribution in [2.75, 3.05) is 13.2 Å². The number of Topliss-reactive ketones (excluding diaryl/α,β-unsaturated/α-hetero) is 1. The monoisotopic (exact) mass is 369 g/mol. The molecule has 0 fully saturated rings. The third-order valence-corrected chi connectivity index (χ3v) is 4.90. The molecule has 1 aliphatic rings. The van der Waals surface area contributed by atoms with Crippen molar-refractivity contribution >= 4 is 11.8 Å². The lowest BCUT2D eigenvalue weighted by atomic mass is 9.81. The molecule has 1 atom stereocenters. The minimum absolute atomic E-state index is 0.0757. The summed E-state index contributed by atoms with van der Waals surface area (Å²) in [6.07, 6.45) is 1.15. The van der Waals surface area contributed by atoms with E-state index in [1.807, 2.05) is 52.0 Å². The number of fused-ring (bicyclic) bond motifs is 1. The van der Waals surface area contributed by atoms with Crippen LogP contribution in [-0.2, 0) is 11.2 Å². The Kier molecular flexibility index (Phi) is 5.68. The van der Waals surface area contributed by atoms with Gasteiger partial charge in [-0.2, -0.15) is 0 Å². The molecule has 5 heteroatoms. The molecule has 0 saturated carbocycles. The predicted molar refractivity (Wildman–Crippen MR) is 104 cm³/mol. The number of hydrogen-bond acceptors (Lipinski definition) is 4. The van der Waals surface area contributed by atoms with Gasteiger partial charge in [-0.3, -0.25) is 4.79 Å². The maximum Gasteiger partial charge on any atom is 0.355 e. The number of rotatable bonds is 6. The molecular formula is C22H27NO4. The first-order valence-electron chi connectivity index (χ1n) is 9.55. The van der Waals surface area contributed by atoms with Gasteiger partial charge < -0.3 is 14.5 Å². The molecule has 0 saturated heterocycles. The van der Waals surface area contributed by atoms with Gasteiger partial charge >= 0.3 is 5.97 Å². The summed E-state index contributed by atoms with van der Waals surface area (Å²) in [4.78, 5) is 28.3. The molecule has 5 nitrogen and oxygen atoms in total. The van der Waals surface area contributed by atoms with Crippen LogP contribution in [0, 0.1) is 12.8 Å². The van der Waals surface area contributed by atoms with E-state index in [2.05, 4.69) is 4.98 Å². The minimum Gasteiger partial charge on any atom is -0.494 e. The molecule has 0 radical (unpaired) electrons. The van der Waals surface area contributed by atoms with E-state index in [4.69, 9.17) is 9.47 Å². The van der Waals surface area contributed by atoms with Crippen LogP contribution in [0.3, 0.4) is 0 Å². The maximum atomic E-state index is 12.8. The molecule has 0 spiro atoms. The Bertz CT molecular complexity index is 833. The molecule has 1 aromatic heterocycles. The normalized spacial score (nSPS) is 16.3. The molecule has 2 aromatic rings. The van der Waals surface area contributed by atoms with Gasteiger partial charge in [-0.25, -0.2) is 4.79 Å². The third-order valence-electron chi connectivity index (χ3n) is 4.90. The molecule has 0 amide bonds. The Morgan fingerprint density at radius 1 is 1.22 bits per heavy atom. The van der Waals surface area contributed by atoms with Crippen LogP contribution in [0.5, 0.6) is 5.75 Å². The van der Waals surface area contributed by atoms with Crippen molar-refractivity contribution in [3.8, 4) is 5.75 Å². The highest BCUT2D eigenvalue weighted by Crippen LogP contribution is 2.35.